The molecule has 0 saturated carbocycles. The highest BCUT2D eigenvalue weighted by molar-refractivity contribution is 9.10. The molecule has 3 aromatic rings. The third kappa shape index (κ3) is 4.97. The van der Waals surface area contributed by atoms with Crippen LogP contribution in [0.4, 0.5) is 0 Å². The summed E-state index contributed by atoms with van der Waals surface area (Å²) in [6, 6.07) is 13.8. The van der Waals surface area contributed by atoms with Crippen LogP contribution in [0.1, 0.15) is 41.2 Å². The summed E-state index contributed by atoms with van der Waals surface area (Å²) >= 11 is 5.16. The monoisotopic (exact) mass is 473 g/mol. The molecule has 1 fully saturated rings. The van der Waals surface area contributed by atoms with Crippen LogP contribution in [0.3, 0.4) is 0 Å². The number of nitrogens with one attached hydrogen (secondary N) is 1. The highest BCUT2D eigenvalue weighted by atomic mass is 79.9. The standard InChI is InChI=1S/C22H24BrN3O2S/c1-15-8-10-26(11-9-15)19(21-3-2-12-29-21)14-24-22(27)18-13-20(28-25-18)16-4-6-17(23)7-5-16/h2-7,12-13,15,19H,8-11,14H2,1H3,(H,24,27)/t19-/m1/s1. The molecule has 29 heavy (non-hydrogen) atoms. The molecule has 7 heteroatoms. The van der Waals surface area contributed by atoms with Crippen LogP contribution in [0, 0.1) is 5.92 Å². The molecule has 0 unspecified atom stereocenters. The molecule has 1 N–H and O–H groups in total. The topological polar surface area (TPSA) is 58.4 Å². The molecule has 3 heterocycles. The second kappa shape index (κ2) is 9.24. The van der Waals surface area contributed by atoms with Gasteiger partial charge in [-0.3, -0.25) is 9.69 Å². The normalized spacial score (nSPS) is 16.6. The molecule has 1 aromatic carbocycles. The molecule has 1 aliphatic rings. The zero-order valence-electron chi connectivity index (χ0n) is 16.3. The van der Waals surface area contributed by atoms with Gasteiger partial charge in [0.2, 0.25) is 0 Å². The van der Waals surface area contributed by atoms with Gasteiger partial charge in [0.05, 0.1) is 6.04 Å². The van der Waals surface area contributed by atoms with Gasteiger partial charge >= 0.3 is 0 Å². The number of carbonyl (C=O) groups excluding carboxylic acids is 1. The van der Waals surface area contributed by atoms with Gasteiger partial charge in [-0.05, 0) is 55.4 Å². The van der Waals surface area contributed by atoms with E-state index < -0.39 is 0 Å². The SMILES string of the molecule is CC1CCN([C@H](CNC(=O)c2cc(-c3ccc(Br)cc3)on2)c2cccs2)CC1. The maximum absolute atomic E-state index is 12.7. The Morgan fingerprint density at radius 2 is 2.07 bits per heavy atom. The first-order valence-electron chi connectivity index (χ1n) is 9.88. The Hall–Kier alpha value is -1.96. The quantitative estimate of drug-likeness (QED) is 0.522. The van der Waals surface area contributed by atoms with E-state index in [0.717, 1.165) is 29.0 Å². The number of halogens is 1. The molecular weight excluding hydrogens is 450 g/mol. The van der Waals surface area contributed by atoms with Crippen molar-refractivity contribution in [2.75, 3.05) is 19.6 Å². The molecule has 0 bridgehead atoms. The van der Waals surface area contributed by atoms with Crippen LogP contribution >= 0.6 is 27.3 Å². The highest BCUT2D eigenvalue weighted by Gasteiger charge is 2.26. The molecule has 0 radical (unpaired) electrons. The Morgan fingerprint density at radius 1 is 1.31 bits per heavy atom. The molecule has 5 nitrogen and oxygen atoms in total. The van der Waals surface area contributed by atoms with Gasteiger partial charge in [-0.25, -0.2) is 0 Å². The Balaban J connectivity index is 1.42. The van der Waals surface area contributed by atoms with Crippen molar-refractivity contribution in [2.45, 2.75) is 25.8 Å². The van der Waals surface area contributed by atoms with Gasteiger partial charge in [-0.2, -0.15) is 0 Å². The van der Waals surface area contributed by atoms with E-state index in [9.17, 15) is 4.79 Å². The number of piperidine rings is 1. The zero-order valence-corrected chi connectivity index (χ0v) is 18.7. The summed E-state index contributed by atoms with van der Waals surface area (Å²) in [6.07, 6.45) is 2.41. The number of likely N-dealkylation sites (tertiary alicyclic amines) is 1. The van der Waals surface area contributed by atoms with E-state index in [1.165, 1.54) is 17.7 Å². The second-order valence-electron chi connectivity index (χ2n) is 7.54. The van der Waals surface area contributed by atoms with Gasteiger partial charge in [0.15, 0.2) is 11.5 Å². The van der Waals surface area contributed by atoms with Gasteiger partial charge in [0, 0.05) is 27.5 Å². The molecular formula is C22H24BrN3O2S. The lowest BCUT2D eigenvalue weighted by atomic mass is 9.97. The Kier molecular flexibility index (Phi) is 6.47. The first-order chi connectivity index (χ1) is 14.1. The van der Waals surface area contributed by atoms with E-state index in [0.29, 0.717) is 18.0 Å². The Morgan fingerprint density at radius 3 is 2.76 bits per heavy atom. The molecule has 152 valence electrons. The second-order valence-corrected chi connectivity index (χ2v) is 9.44. The average Bonchev–Trinajstić information content (AvgIpc) is 3.42. The molecule has 4 rings (SSSR count). The van der Waals surface area contributed by atoms with E-state index in [2.05, 4.69) is 55.7 Å². The summed E-state index contributed by atoms with van der Waals surface area (Å²) in [5.74, 6) is 1.16. The minimum absolute atomic E-state index is 0.198. The van der Waals surface area contributed by atoms with Crippen LogP contribution < -0.4 is 5.32 Å². The fourth-order valence-corrected chi connectivity index (χ4v) is 4.77. The van der Waals surface area contributed by atoms with Crippen LogP contribution in [-0.2, 0) is 0 Å². The Labute approximate surface area is 183 Å². The molecule has 0 spiro atoms. The van der Waals surface area contributed by atoms with Crippen molar-refractivity contribution in [3.63, 3.8) is 0 Å². The fourth-order valence-electron chi connectivity index (χ4n) is 3.64. The summed E-state index contributed by atoms with van der Waals surface area (Å²) in [5.41, 5.74) is 1.19. The smallest absolute Gasteiger partial charge is 0.273 e. The van der Waals surface area contributed by atoms with Crippen molar-refractivity contribution < 1.29 is 9.32 Å². The number of rotatable bonds is 6. The van der Waals surface area contributed by atoms with E-state index >= 15 is 0 Å². The van der Waals surface area contributed by atoms with Crippen LogP contribution in [0.15, 0.2) is 56.8 Å². The number of benzene rings is 1. The zero-order chi connectivity index (χ0) is 20.2. The van der Waals surface area contributed by atoms with Crippen LogP contribution in [0.5, 0.6) is 0 Å². The molecule has 1 saturated heterocycles. The van der Waals surface area contributed by atoms with E-state index in [-0.39, 0.29) is 11.9 Å². The van der Waals surface area contributed by atoms with Gasteiger partial charge in [-0.1, -0.05) is 46.2 Å². The Bertz CT molecular complexity index is 931. The molecule has 1 atom stereocenters. The van der Waals surface area contributed by atoms with Gasteiger partial charge in [0.25, 0.3) is 5.91 Å². The molecule has 0 aliphatic carbocycles. The predicted octanol–water partition coefficient (Wildman–Crippen LogP) is 5.37. The molecule has 2 aromatic heterocycles. The van der Waals surface area contributed by atoms with Gasteiger partial charge < -0.3 is 9.84 Å². The lowest BCUT2D eigenvalue weighted by Gasteiger charge is -2.36. The minimum atomic E-state index is -0.205. The van der Waals surface area contributed by atoms with Crippen molar-refractivity contribution >= 4 is 33.2 Å². The molecule has 1 amide bonds. The van der Waals surface area contributed by atoms with E-state index in [1.807, 2.05) is 24.3 Å². The number of carbonyl (C=O) groups is 1. The van der Waals surface area contributed by atoms with E-state index in [4.69, 9.17) is 4.52 Å². The number of amides is 1. The van der Waals surface area contributed by atoms with Crippen molar-refractivity contribution in [2.24, 2.45) is 5.92 Å². The number of thiophene rings is 1. The predicted molar refractivity (Wildman–Crippen MR) is 119 cm³/mol. The van der Waals surface area contributed by atoms with Crippen LogP contribution in [0.2, 0.25) is 0 Å². The van der Waals surface area contributed by atoms with Crippen molar-refractivity contribution in [3.8, 4) is 11.3 Å². The third-order valence-corrected chi connectivity index (χ3v) is 6.96. The summed E-state index contributed by atoms with van der Waals surface area (Å²) in [4.78, 5) is 16.5. The highest BCUT2D eigenvalue weighted by Crippen LogP contribution is 2.29. The largest absolute Gasteiger partial charge is 0.355 e. The number of hydrogen-bond acceptors (Lipinski definition) is 5. The van der Waals surface area contributed by atoms with Crippen molar-refractivity contribution in [1.29, 1.82) is 0 Å². The maximum Gasteiger partial charge on any atom is 0.273 e. The number of nitrogens with zero attached hydrogens (tertiary/aromatic N) is 2. The number of hydrogen-bond donors (Lipinski definition) is 1. The first kappa shape index (κ1) is 20.3. The summed E-state index contributed by atoms with van der Waals surface area (Å²) in [5, 5.41) is 9.13. The summed E-state index contributed by atoms with van der Waals surface area (Å²) in [7, 11) is 0. The average molecular weight is 474 g/mol. The minimum Gasteiger partial charge on any atom is -0.355 e. The van der Waals surface area contributed by atoms with E-state index in [1.54, 1.807) is 17.4 Å². The summed E-state index contributed by atoms with van der Waals surface area (Å²) in [6.45, 7) is 5.01. The third-order valence-electron chi connectivity index (χ3n) is 5.46. The lowest BCUT2D eigenvalue weighted by Crippen LogP contribution is -2.41. The lowest BCUT2D eigenvalue weighted by molar-refractivity contribution is 0.0906. The summed E-state index contributed by atoms with van der Waals surface area (Å²) < 4.78 is 6.38. The fraction of sp³-hybridized carbons (Fsp3) is 0.364. The van der Waals surface area contributed by atoms with Crippen LogP contribution in [0.25, 0.3) is 11.3 Å². The first-order valence-corrected chi connectivity index (χ1v) is 11.6. The van der Waals surface area contributed by atoms with Crippen molar-refractivity contribution in [3.05, 3.63) is 62.9 Å². The molecule has 1 aliphatic heterocycles. The van der Waals surface area contributed by atoms with Crippen LogP contribution in [-0.4, -0.2) is 35.6 Å². The van der Waals surface area contributed by atoms with Gasteiger partial charge in [0.1, 0.15) is 0 Å². The van der Waals surface area contributed by atoms with Gasteiger partial charge in [-0.15, -0.1) is 11.3 Å². The van der Waals surface area contributed by atoms with Crippen molar-refractivity contribution in [1.82, 2.24) is 15.4 Å². The number of aromatic nitrogens is 1. The maximum atomic E-state index is 12.7.